The number of amides is 1. The van der Waals surface area contributed by atoms with Crippen molar-refractivity contribution in [1.29, 1.82) is 0 Å². The Morgan fingerprint density at radius 2 is 2.00 bits per heavy atom. The van der Waals surface area contributed by atoms with Crippen molar-refractivity contribution < 1.29 is 4.79 Å². The van der Waals surface area contributed by atoms with E-state index in [1.807, 2.05) is 36.2 Å². The van der Waals surface area contributed by atoms with E-state index in [1.165, 1.54) is 0 Å². The van der Waals surface area contributed by atoms with Gasteiger partial charge in [0.2, 0.25) is 5.91 Å². The summed E-state index contributed by atoms with van der Waals surface area (Å²) >= 11 is 0. The summed E-state index contributed by atoms with van der Waals surface area (Å²) < 4.78 is 0. The molecule has 1 aliphatic rings. The van der Waals surface area contributed by atoms with Crippen molar-refractivity contribution in [2.75, 3.05) is 36.5 Å². The predicted octanol–water partition coefficient (Wildman–Crippen LogP) is 0.428. The fraction of sp³-hybridized carbons (Fsp3) is 0.364. The molecule has 1 amide bonds. The zero-order chi connectivity index (χ0) is 10.8. The van der Waals surface area contributed by atoms with E-state index in [1.54, 1.807) is 4.90 Å². The summed E-state index contributed by atoms with van der Waals surface area (Å²) in [6.45, 7) is 1.50. The van der Waals surface area contributed by atoms with Crippen LogP contribution in [0.25, 0.3) is 0 Å². The molecule has 1 aliphatic heterocycles. The number of benzene rings is 1. The second-order valence-corrected chi connectivity index (χ2v) is 3.68. The molecule has 0 bridgehead atoms. The number of hydrogen-bond donors (Lipinski definition) is 1. The lowest BCUT2D eigenvalue weighted by Crippen LogP contribution is -2.46. The molecule has 0 atom stereocenters. The number of nitrogens with zero attached hydrogens (tertiary/aromatic N) is 2. The molecule has 4 nitrogen and oxygen atoms in total. The van der Waals surface area contributed by atoms with Crippen molar-refractivity contribution in [1.82, 2.24) is 0 Å². The Balaban J connectivity index is 2.42. The molecule has 2 N–H and O–H groups in total. The highest BCUT2D eigenvalue weighted by atomic mass is 16.2. The fourth-order valence-corrected chi connectivity index (χ4v) is 1.90. The van der Waals surface area contributed by atoms with E-state index < -0.39 is 0 Å². The lowest BCUT2D eigenvalue weighted by molar-refractivity contribution is -0.117. The maximum Gasteiger partial charge on any atom is 0.246 e. The zero-order valence-corrected chi connectivity index (χ0v) is 8.81. The molecule has 0 saturated heterocycles. The molecular weight excluding hydrogens is 190 g/mol. The van der Waals surface area contributed by atoms with Gasteiger partial charge in [-0.1, -0.05) is 12.1 Å². The third kappa shape index (κ3) is 1.68. The third-order valence-corrected chi connectivity index (χ3v) is 2.61. The molecule has 0 aromatic heterocycles. The number of nitrogens with two attached hydrogens (primary N) is 1. The van der Waals surface area contributed by atoms with Gasteiger partial charge in [0.25, 0.3) is 0 Å². The number of likely N-dealkylation sites (N-methyl/N-ethyl adjacent to an activating group) is 1. The summed E-state index contributed by atoms with van der Waals surface area (Å²) in [6, 6.07) is 7.89. The van der Waals surface area contributed by atoms with E-state index in [2.05, 4.69) is 0 Å². The number of rotatable bonds is 2. The first-order valence-corrected chi connectivity index (χ1v) is 5.04. The first-order chi connectivity index (χ1) is 7.24. The largest absolute Gasteiger partial charge is 0.364 e. The van der Waals surface area contributed by atoms with E-state index in [4.69, 9.17) is 5.73 Å². The van der Waals surface area contributed by atoms with Gasteiger partial charge in [0.05, 0.1) is 17.9 Å². The SMILES string of the molecule is CN1CC(=O)N(CCN)c2ccccc21. The van der Waals surface area contributed by atoms with Gasteiger partial charge in [0, 0.05) is 20.1 Å². The van der Waals surface area contributed by atoms with E-state index in [9.17, 15) is 4.79 Å². The smallest absolute Gasteiger partial charge is 0.246 e. The summed E-state index contributed by atoms with van der Waals surface area (Å²) in [4.78, 5) is 15.5. The number of fused-ring (bicyclic) bond motifs is 1. The monoisotopic (exact) mass is 205 g/mol. The van der Waals surface area contributed by atoms with Gasteiger partial charge in [0.1, 0.15) is 0 Å². The summed E-state index contributed by atoms with van der Waals surface area (Å²) in [7, 11) is 1.93. The predicted molar refractivity (Wildman–Crippen MR) is 61.1 cm³/mol. The van der Waals surface area contributed by atoms with E-state index in [0.717, 1.165) is 11.4 Å². The second-order valence-electron chi connectivity index (χ2n) is 3.68. The number of anilines is 2. The lowest BCUT2D eigenvalue weighted by atomic mass is 10.1. The van der Waals surface area contributed by atoms with Crippen molar-refractivity contribution in [2.24, 2.45) is 5.73 Å². The van der Waals surface area contributed by atoms with Gasteiger partial charge in [-0.25, -0.2) is 0 Å². The van der Waals surface area contributed by atoms with E-state index in [0.29, 0.717) is 19.6 Å². The van der Waals surface area contributed by atoms with Crippen molar-refractivity contribution >= 4 is 17.3 Å². The minimum Gasteiger partial charge on any atom is -0.364 e. The molecule has 2 rings (SSSR count). The topological polar surface area (TPSA) is 49.6 Å². The molecular formula is C11H15N3O. The van der Waals surface area contributed by atoms with Crippen LogP contribution in [0.4, 0.5) is 11.4 Å². The van der Waals surface area contributed by atoms with Gasteiger partial charge in [-0.2, -0.15) is 0 Å². The molecule has 4 heteroatoms. The van der Waals surface area contributed by atoms with Crippen molar-refractivity contribution in [3.05, 3.63) is 24.3 Å². The molecule has 80 valence electrons. The maximum atomic E-state index is 11.8. The molecule has 0 spiro atoms. The van der Waals surface area contributed by atoms with Crippen LogP contribution in [-0.2, 0) is 4.79 Å². The van der Waals surface area contributed by atoms with E-state index in [-0.39, 0.29) is 5.91 Å². The summed E-state index contributed by atoms with van der Waals surface area (Å²) in [5.41, 5.74) is 7.55. The highest BCUT2D eigenvalue weighted by molar-refractivity contribution is 6.03. The molecule has 15 heavy (non-hydrogen) atoms. The average Bonchev–Trinajstić information content (AvgIpc) is 2.24. The number of carbonyl (C=O) groups excluding carboxylic acids is 1. The normalized spacial score (nSPS) is 15.5. The molecule has 1 aromatic carbocycles. The Morgan fingerprint density at radius 1 is 1.33 bits per heavy atom. The maximum absolute atomic E-state index is 11.8. The van der Waals surface area contributed by atoms with Gasteiger partial charge in [-0.05, 0) is 12.1 Å². The minimum atomic E-state index is 0.113. The highest BCUT2D eigenvalue weighted by Crippen LogP contribution is 2.31. The molecule has 0 aliphatic carbocycles. The van der Waals surface area contributed by atoms with E-state index >= 15 is 0 Å². The van der Waals surface area contributed by atoms with Crippen LogP contribution in [0.15, 0.2) is 24.3 Å². The first-order valence-electron chi connectivity index (χ1n) is 5.04. The van der Waals surface area contributed by atoms with Crippen LogP contribution in [0.1, 0.15) is 0 Å². The Morgan fingerprint density at radius 3 is 2.67 bits per heavy atom. The van der Waals surface area contributed by atoms with Crippen LogP contribution >= 0.6 is 0 Å². The fourth-order valence-electron chi connectivity index (χ4n) is 1.90. The highest BCUT2D eigenvalue weighted by Gasteiger charge is 2.25. The summed E-state index contributed by atoms with van der Waals surface area (Å²) in [5, 5.41) is 0. The third-order valence-electron chi connectivity index (χ3n) is 2.61. The quantitative estimate of drug-likeness (QED) is 0.761. The molecule has 0 fully saturated rings. The molecule has 0 saturated carbocycles. The van der Waals surface area contributed by atoms with Crippen LogP contribution in [0.3, 0.4) is 0 Å². The Labute approximate surface area is 89.3 Å². The first kappa shape index (κ1) is 9.98. The minimum absolute atomic E-state index is 0.113. The van der Waals surface area contributed by atoms with Crippen molar-refractivity contribution in [3.63, 3.8) is 0 Å². The van der Waals surface area contributed by atoms with Crippen LogP contribution in [0.2, 0.25) is 0 Å². The van der Waals surface area contributed by atoms with Crippen LogP contribution in [0.5, 0.6) is 0 Å². The van der Waals surface area contributed by atoms with Crippen molar-refractivity contribution in [2.45, 2.75) is 0 Å². The number of carbonyl (C=O) groups is 1. The summed E-state index contributed by atoms with van der Waals surface area (Å²) in [5.74, 6) is 0.113. The van der Waals surface area contributed by atoms with Crippen molar-refractivity contribution in [3.8, 4) is 0 Å². The van der Waals surface area contributed by atoms with Gasteiger partial charge in [-0.15, -0.1) is 0 Å². The molecule has 0 unspecified atom stereocenters. The Bertz CT molecular complexity index is 378. The van der Waals surface area contributed by atoms with Gasteiger partial charge in [0.15, 0.2) is 0 Å². The summed E-state index contributed by atoms with van der Waals surface area (Å²) in [6.07, 6.45) is 0. The molecule has 0 radical (unpaired) electrons. The average molecular weight is 205 g/mol. The Hall–Kier alpha value is -1.55. The van der Waals surface area contributed by atoms with Crippen LogP contribution < -0.4 is 15.5 Å². The molecule has 1 aromatic rings. The second kappa shape index (κ2) is 3.90. The molecule has 1 heterocycles. The van der Waals surface area contributed by atoms with Gasteiger partial charge >= 0.3 is 0 Å². The van der Waals surface area contributed by atoms with Gasteiger partial charge < -0.3 is 15.5 Å². The lowest BCUT2D eigenvalue weighted by Gasteiger charge is -2.34. The number of hydrogen-bond acceptors (Lipinski definition) is 3. The van der Waals surface area contributed by atoms with Crippen LogP contribution in [0, 0.1) is 0 Å². The standard InChI is InChI=1S/C11H15N3O/c1-13-8-11(15)14(7-6-12)10-5-3-2-4-9(10)13/h2-5H,6-8,12H2,1H3. The Kier molecular flexibility index (Phi) is 2.60. The van der Waals surface area contributed by atoms with Crippen LogP contribution in [-0.4, -0.2) is 32.6 Å². The zero-order valence-electron chi connectivity index (χ0n) is 8.81. The number of para-hydroxylation sites is 2. The van der Waals surface area contributed by atoms with Gasteiger partial charge in [-0.3, -0.25) is 4.79 Å².